The van der Waals surface area contributed by atoms with Gasteiger partial charge in [-0.3, -0.25) is 14.4 Å². The molecular formula is C18H35N5O4. The van der Waals surface area contributed by atoms with Crippen molar-refractivity contribution in [1.82, 2.24) is 10.2 Å². The zero-order valence-corrected chi connectivity index (χ0v) is 16.4. The number of nitrogens with two attached hydrogens (primary N) is 3. The first-order valence-electron chi connectivity index (χ1n) is 9.67. The average molecular weight is 386 g/mol. The first kappa shape index (κ1) is 23.3. The normalized spacial score (nSPS) is 18.8. The maximum Gasteiger partial charge on any atom is 0.323 e. The molecule has 0 aliphatic carbocycles. The Kier molecular flexibility index (Phi) is 9.14. The molecule has 1 rings (SSSR count). The molecule has 0 spiro atoms. The molecule has 2 atom stereocenters. The quantitative estimate of drug-likeness (QED) is 0.312. The van der Waals surface area contributed by atoms with E-state index in [9.17, 15) is 19.5 Å². The lowest BCUT2D eigenvalue weighted by Gasteiger charge is -2.38. The van der Waals surface area contributed by atoms with Crippen LogP contribution in [0.15, 0.2) is 0 Å². The van der Waals surface area contributed by atoms with Crippen molar-refractivity contribution in [1.29, 1.82) is 0 Å². The van der Waals surface area contributed by atoms with Gasteiger partial charge in [0.05, 0.1) is 6.04 Å². The third-order valence-electron chi connectivity index (χ3n) is 5.02. The predicted molar refractivity (Wildman–Crippen MR) is 103 cm³/mol. The van der Waals surface area contributed by atoms with Crippen LogP contribution in [0.25, 0.3) is 0 Å². The van der Waals surface area contributed by atoms with Gasteiger partial charge in [-0.05, 0) is 51.0 Å². The van der Waals surface area contributed by atoms with Crippen LogP contribution in [-0.4, -0.2) is 65.0 Å². The molecule has 1 saturated heterocycles. The van der Waals surface area contributed by atoms with Crippen molar-refractivity contribution < 1.29 is 19.5 Å². The maximum absolute atomic E-state index is 12.9. The number of carboxylic acids is 1. The molecule has 8 N–H and O–H groups in total. The van der Waals surface area contributed by atoms with E-state index < -0.39 is 23.6 Å². The first-order chi connectivity index (χ1) is 12.6. The molecule has 2 amide bonds. The lowest BCUT2D eigenvalue weighted by molar-refractivity contribution is -0.148. The van der Waals surface area contributed by atoms with E-state index >= 15 is 0 Å². The molecule has 1 heterocycles. The number of nitrogens with one attached hydrogen (secondary N) is 1. The minimum absolute atomic E-state index is 0.185. The van der Waals surface area contributed by atoms with Gasteiger partial charge in [0, 0.05) is 13.1 Å². The number of carboxylic acid groups (broad SMARTS) is 1. The molecule has 27 heavy (non-hydrogen) atoms. The molecule has 1 aliphatic rings. The number of nitrogens with zero attached hydrogens (tertiary/aromatic N) is 1. The van der Waals surface area contributed by atoms with Gasteiger partial charge in [0.1, 0.15) is 11.6 Å². The standard InChI is InChI=1S/C18H35N5O4/c1-12(2)11-13(20)15(24)22-14(5-3-4-8-19)16(25)23-9-6-18(21,7-10-23)17(26)27/h12-14H,3-11,19-21H2,1-2H3,(H,22,24)(H,26,27)/t13-,14-/m0/s1. The lowest BCUT2D eigenvalue weighted by atomic mass is 9.88. The van der Waals surface area contributed by atoms with Crippen molar-refractivity contribution in [2.45, 2.75) is 70.0 Å². The van der Waals surface area contributed by atoms with E-state index in [0.717, 1.165) is 6.42 Å². The highest BCUT2D eigenvalue weighted by atomic mass is 16.4. The van der Waals surface area contributed by atoms with Crippen LogP contribution in [0.4, 0.5) is 0 Å². The fraction of sp³-hybridized carbons (Fsp3) is 0.833. The Labute approximate surface area is 161 Å². The highest BCUT2D eigenvalue weighted by molar-refractivity contribution is 5.90. The van der Waals surface area contributed by atoms with E-state index in [1.807, 2.05) is 13.8 Å². The van der Waals surface area contributed by atoms with Gasteiger partial charge in [0.2, 0.25) is 11.8 Å². The summed E-state index contributed by atoms with van der Waals surface area (Å²) in [6, 6.07) is -1.35. The molecule has 9 nitrogen and oxygen atoms in total. The van der Waals surface area contributed by atoms with Gasteiger partial charge in [0.15, 0.2) is 0 Å². The van der Waals surface area contributed by atoms with Crippen LogP contribution in [-0.2, 0) is 14.4 Å². The number of carbonyl (C=O) groups is 3. The van der Waals surface area contributed by atoms with Gasteiger partial charge in [-0.1, -0.05) is 13.8 Å². The lowest BCUT2D eigenvalue weighted by Crippen LogP contribution is -2.59. The first-order valence-corrected chi connectivity index (χ1v) is 9.67. The van der Waals surface area contributed by atoms with Gasteiger partial charge in [-0.2, -0.15) is 0 Å². The summed E-state index contributed by atoms with van der Waals surface area (Å²) in [5.74, 6) is -1.34. The van der Waals surface area contributed by atoms with Crippen molar-refractivity contribution in [3.8, 4) is 0 Å². The van der Waals surface area contributed by atoms with E-state index in [-0.39, 0.29) is 43.7 Å². The van der Waals surface area contributed by atoms with Crippen molar-refractivity contribution in [3.05, 3.63) is 0 Å². The van der Waals surface area contributed by atoms with E-state index in [4.69, 9.17) is 17.2 Å². The largest absolute Gasteiger partial charge is 0.480 e. The van der Waals surface area contributed by atoms with Gasteiger partial charge in [0.25, 0.3) is 0 Å². The Hall–Kier alpha value is -1.71. The third-order valence-corrected chi connectivity index (χ3v) is 5.02. The smallest absolute Gasteiger partial charge is 0.323 e. The number of piperidine rings is 1. The van der Waals surface area contributed by atoms with Crippen LogP contribution in [0, 0.1) is 5.92 Å². The summed E-state index contributed by atoms with van der Waals surface area (Å²) in [6.45, 7) is 4.98. The third kappa shape index (κ3) is 7.08. The van der Waals surface area contributed by atoms with Crippen molar-refractivity contribution >= 4 is 17.8 Å². The molecular weight excluding hydrogens is 350 g/mol. The minimum Gasteiger partial charge on any atom is -0.480 e. The number of likely N-dealkylation sites (tertiary alicyclic amines) is 1. The summed E-state index contributed by atoms with van der Waals surface area (Å²) in [5, 5.41) is 12.0. The fourth-order valence-electron chi connectivity index (χ4n) is 3.20. The van der Waals surface area contributed by atoms with Crippen LogP contribution >= 0.6 is 0 Å². The second kappa shape index (κ2) is 10.6. The zero-order chi connectivity index (χ0) is 20.6. The molecule has 0 saturated carbocycles. The Balaban J connectivity index is 2.73. The second-order valence-corrected chi connectivity index (χ2v) is 7.87. The molecule has 156 valence electrons. The van der Waals surface area contributed by atoms with Gasteiger partial charge in [-0.25, -0.2) is 0 Å². The molecule has 0 unspecified atom stereocenters. The van der Waals surface area contributed by atoms with Crippen LogP contribution in [0.3, 0.4) is 0 Å². The monoisotopic (exact) mass is 385 g/mol. The molecule has 1 fully saturated rings. The Morgan fingerprint density at radius 1 is 1.19 bits per heavy atom. The second-order valence-electron chi connectivity index (χ2n) is 7.87. The molecule has 0 bridgehead atoms. The highest BCUT2D eigenvalue weighted by Crippen LogP contribution is 2.21. The van der Waals surface area contributed by atoms with Gasteiger partial charge >= 0.3 is 5.97 Å². The number of hydrogen-bond acceptors (Lipinski definition) is 6. The van der Waals surface area contributed by atoms with E-state index in [0.29, 0.717) is 25.8 Å². The molecule has 0 radical (unpaired) electrons. The van der Waals surface area contributed by atoms with E-state index in [1.165, 1.54) is 0 Å². The van der Waals surface area contributed by atoms with Crippen LogP contribution in [0.5, 0.6) is 0 Å². The molecule has 0 aromatic rings. The van der Waals surface area contributed by atoms with Crippen LogP contribution in [0.2, 0.25) is 0 Å². The SMILES string of the molecule is CC(C)C[C@H](N)C(=O)N[C@@H](CCCCN)C(=O)N1CCC(N)(C(=O)O)CC1. The summed E-state index contributed by atoms with van der Waals surface area (Å²) >= 11 is 0. The van der Waals surface area contributed by atoms with Crippen LogP contribution in [0.1, 0.15) is 52.4 Å². The summed E-state index contributed by atoms with van der Waals surface area (Å²) in [4.78, 5) is 38.1. The summed E-state index contributed by atoms with van der Waals surface area (Å²) < 4.78 is 0. The Bertz CT molecular complexity index is 518. The van der Waals surface area contributed by atoms with Crippen molar-refractivity contribution in [2.24, 2.45) is 23.1 Å². The van der Waals surface area contributed by atoms with Gasteiger partial charge in [-0.15, -0.1) is 0 Å². The molecule has 9 heteroatoms. The van der Waals surface area contributed by atoms with Gasteiger partial charge < -0.3 is 32.5 Å². The number of unbranched alkanes of at least 4 members (excludes halogenated alkanes) is 1. The number of hydrogen-bond donors (Lipinski definition) is 5. The Morgan fingerprint density at radius 3 is 2.26 bits per heavy atom. The summed E-state index contributed by atoms with van der Waals surface area (Å²) in [5.41, 5.74) is 16.0. The molecule has 0 aromatic heterocycles. The van der Waals surface area contributed by atoms with Crippen molar-refractivity contribution in [2.75, 3.05) is 19.6 Å². The number of rotatable bonds is 10. The maximum atomic E-state index is 12.9. The van der Waals surface area contributed by atoms with Crippen LogP contribution < -0.4 is 22.5 Å². The van der Waals surface area contributed by atoms with E-state index in [2.05, 4.69) is 5.32 Å². The molecule has 0 aromatic carbocycles. The zero-order valence-electron chi connectivity index (χ0n) is 16.4. The van der Waals surface area contributed by atoms with Crippen molar-refractivity contribution in [3.63, 3.8) is 0 Å². The summed E-state index contributed by atoms with van der Waals surface area (Å²) in [7, 11) is 0. The minimum atomic E-state index is -1.30. The number of aliphatic carboxylic acids is 1. The Morgan fingerprint density at radius 2 is 1.78 bits per heavy atom. The predicted octanol–water partition coefficient (Wildman–Crippen LogP) is -0.622. The summed E-state index contributed by atoms with van der Waals surface area (Å²) in [6.07, 6.45) is 2.83. The highest BCUT2D eigenvalue weighted by Gasteiger charge is 2.40. The topological polar surface area (TPSA) is 165 Å². The fourth-order valence-corrected chi connectivity index (χ4v) is 3.20. The molecule has 1 aliphatic heterocycles. The average Bonchev–Trinajstić information content (AvgIpc) is 2.60. The number of amides is 2. The number of carbonyl (C=O) groups excluding carboxylic acids is 2. The van der Waals surface area contributed by atoms with E-state index in [1.54, 1.807) is 4.90 Å².